The second-order valence-corrected chi connectivity index (χ2v) is 8.20. The van der Waals surface area contributed by atoms with Crippen LogP contribution < -0.4 is 20.3 Å². The number of carbonyl (C=O) groups excluding carboxylic acids is 2. The Morgan fingerprint density at radius 3 is 2.14 bits per heavy atom. The molecule has 0 unspecified atom stereocenters. The lowest BCUT2D eigenvalue weighted by Crippen LogP contribution is -2.41. The lowest BCUT2D eigenvalue weighted by Gasteiger charge is -2.11. The highest BCUT2D eigenvalue weighted by Crippen LogP contribution is 2.14. The first-order chi connectivity index (χ1) is 13.2. The fourth-order valence-corrected chi connectivity index (χ4v) is 2.82. The van der Waals surface area contributed by atoms with E-state index >= 15 is 0 Å². The molecule has 2 rings (SSSR count). The molecule has 9 heteroatoms. The molecular formula is C19H23N3O5S. The van der Waals surface area contributed by atoms with Gasteiger partial charge in [0.25, 0.3) is 11.8 Å². The zero-order valence-corrected chi connectivity index (χ0v) is 16.7. The molecule has 0 radical (unpaired) electrons. The number of amides is 2. The summed E-state index contributed by atoms with van der Waals surface area (Å²) < 4.78 is 31.1. The van der Waals surface area contributed by atoms with Crippen LogP contribution >= 0.6 is 0 Å². The highest BCUT2D eigenvalue weighted by atomic mass is 32.2. The quantitative estimate of drug-likeness (QED) is 0.612. The summed E-state index contributed by atoms with van der Waals surface area (Å²) >= 11 is 0. The van der Waals surface area contributed by atoms with E-state index in [2.05, 4.69) is 15.6 Å². The highest BCUT2D eigenvalue weighted by molar-refractivity contribution is 7.92. The molecule has 0 saturated carbocycles. The van der Waals surface area contributed by atoms with Gasteiger partial charge >= 0.3 is 0 Å². The second-order valence-electron chi connectivity index (χ2n) is 6.19. The Morgan fingerprint density at radius 1 is 0.964 bits per heavy atom. The van der Waals surface area contributed by atoms with Gasteiger partial charge in [-0.25, -0.2) is 8.42 Å². The number of rotatable bonds is 7. The summed E-state index contributed by atoms with van der Waals surface area (Å²) in [6.45, 7) is 5.31. The summed E-state index contributed by atoms with van der Waals surface area (Å²) in [5.74, 6) is -0.514. The second kappa shape index (κ2) is 9.23. The fourth-order valence-electron chi connectivity index (χ4n) is 2.19. The van der Waals surface area contributed by atoms with Crippen molar-refractivity contribution in [3.63, 3.8) is 0 Å². The molecule has 0 aliphatic rings. The Kier molecular flexibility index (Phi) is 7.00. The summed E-state index contributed by atoms with van der Waals surface area (Å²) in [4.78, 5) is 24.4. The zero-order chi connectivity index (χ0) is 20.7. The van der Waals surface area contributed by atoms with E-state index in [1.165, 1.54) is 31.2 Å². The van der Waals surface area contributed by atoms with Crippen molar-refractivity contribution in [1.82, 2.24) is 10.9 Å². The van der Waals surface area contributed by atoms with Gasteiger partial charge in [0.2, 0.25) is 10.0 Å². The van der Waals surface area contributed by atoms with Gasteiger partial charge in [0.15, 0.2) is 0 Å². The number of benzene rings is 2. The largest absolute Gasteiger partial charge is 0.491 e. The van der Waals surface area contributed by atoms with Crippen LogP contribution in [0.1, 0.15) is 41.5 Å². The monoisotopic (exact) mass is 405 g/mol. The first-order valence-corrected chi connectivity index (χ1v) is 10.3. The average molecular weight is 405 g/mol. The van der Waals surface area contributed by atoms with E-state index in [-0.39, 0.29) is 23.1 Å². The van der Waals surface area contributed by atoms with Gasteiger partial charge in [-0.15, -0.1) is 0 Å². The standard InChI is InChI=1S/C19H23N3O5S/c1-4-28(25,26)22-16-7-5-6-15(12-16)19(24)21-20-18(23)14-8-10-17(11-9-14)27-13(2)3/h5-13,22H,4H2,1-3H3,(H,20,23)(H,21,24). The average Bonchev–Trinajstić information content (AvgIpc) is 2.66. The third kappa shape index (κ3) is 6.27. The maximum absolute atomic E-state index is 12.2. The Labute approximate surface area is 164 Å². The molecule has 0 spiro atoms. The number of ether oxygens (including phenoxy) is 1. The van der Waals surface area contributed by atoms with Crippen LogP contribution in [-0.4, -0.2) is 32.1 Å². The van der Waals surface area contributed by atoms with Crippen LogP contribution in [0.2, 0.25) is 0 Å². The SMILES string of the molecule is CCS(=O)(=O)Nc1cccc(C(=O)NNC(=O)c2ccc(OC(C)C)cc2)c1. The van der Waals surface area contributed by atoms with Gasteiger partial charge in [-0.2, -0.15) is 0 Å². The van der Waals surface area contributed by atoms with Crippen molar-refractivity contribution in [2.75, 3.05) is 10.5 Å². The van der Waals surface area contributed by atoms with E-state index in [1.54, 1.807) is 24.3 Å². The van der Waals surface area contributed by atoms with Crippen molar-refractivity contribution < 1.29 is 22.7 Å². The van der Waals surface area contributed by atoms with Crippen LogP contribution in [0.25, 0.3) is 0 Å². The summed E-state index contributed by atoms with van der Waals surface area (Å²) in [5.41, 5.74) is 5.42. The Bertz CT molecular complexity index is 940. The zero-order valence-electron chi connectivity index (χ0n) is 15.9. The molecule has 2 aromatic carbocycles. The summed E-state index contributed by atoms with van der Waals surface area (Å²) in [6.07, 6.45) is 0.0246. The Hall–Kier alpha value is -3.07. The van der Waals surface area contributed by atoms with Crippen LogP contribution in [0.15, 0.2) is 48.5 Å². The maximum Gasteiger partial charge on any atom is 0.269 e. The minimum atomic E-state index is -3.45. The summed E-state index contributed by atoms with van der Waals surface area (Å²) in [5, 5.41) is 0. The van der Waals surface area contributed by atoms with Gasteiger partial charge in [0.1, 0.15) is 5.75 Å². The molecule has 3 N–H and O–H groups in total. The third-order valence-corrected chi connectivity index (χ3v) is 4.86. The van der Waals surface area contributed by atoms with Crippen LogP contribution in [0.5, 0.6) is 5.75 Å². The predicted molar refractivity (Wildman–Crippen MR) is 107 cm³/mol. The van der Waals surface area contributed by atoms with Gasteiger partial charge in [0.05, 0.1) is 11.9 Å². The summed E-state index contributed by atoms with van der Waals surface area (Å²) in [6, 6.07) is 12.5. The van der Waals surface area contributed by atoms with Crippen LogP contribution in [0.3, 0.4) is 0 Å². The van der Waals surface area contributed by atoms with Crippen molar-refractivity contribution >= 4 is 27.5 Å². The molecule has 0 heterocycles. The highest BCUT2D eigenvalue weighted by Gasteiger charge is 2.12. The van der Waals surface area contributed by atoms with Crippen molar-refractivity contribution in [2.45, 2.75) is 26.9 Å². The van der Waals surface area contributed by atoms with E-state index in [0.29, 0.717) is 11.3 Å². The van der Waals surface area contributed by atoms with E-state index in [9.17, 15) is 18.0 Å². The lowest BCUT2D eigenvalue weighted by molar-refractivity contribution is 0.0846. The summed E-state index contributed by atoms with van der Waals surface area (Å²) in [7, 11) is -3.45. The molecule has 0 aromatic heterocycles. The molecule has 150 valence electrons. The molecule has 0 aliphatic carbocycles. The molecule has 0 fully saturated rings. The van der Waals surface area contributed by atoms with E-state index < -0.39 is 21.8 Å². The number of hydrogen-bond acceptors (Lipinski definition) is 5. The predicted octanol–water partition coefficient (Wildman–Crippen LogP) is 2.31. The van der Waals surface area contributed by atoms with Gasteiger partial charge in [-0.1, -0.05) is 6.07 Å². The number of carbonyl (C=O) groups is 2. The van der Waals surface area contributed by atoms with Crippen molar-refractivity contribution in [1.29, 1.82) is 0 Å². The minimum Gasteiger partial charge on any atom is -0.491 e. The molecule has 8 nitrogen and oxygen atoms in total. The molecule has 2 aromatic rings. The first-order valence-electron chi connectivity index (χ1n) is 8.68. The van der Waals surface area contributed by atoms with Crippen LogP contribution in [0, 0.1) is 0 Å². The minimum absolute atomic E-state index is 0.0246. The van der Waals surface area contributed by atoms with Gasteiger partial charge in [0, 0.05) is 16.8 Å². The number of sulfonamides is 1. The molecule has 28 heavy (non-hydrogen) atoms. The number of nitrogens with one attached hydrogen (secondary N) is 3. The van der Waals surface area contributed by atoms with Gasteiger partial charge in [-0.3, -0.25) is 25.2 Å². The Morgan fingerprint density at radius 2 is 1.57 bits per heavy atom. The third-order valence-electron chi connectivity index (χ3n) is 3.56. The van der Waals surface area contributed by atoms with Crippen molar-refractivity contribution in [3.8, 4) is 5.75 Å². The number of anilines is 1. The van der Waals surface area contributed by atoms with Gasteiger partial charge < -0.3 is 4.74 Å². The molecule has 0 bridgehead atoms. The van der Waals surface area contributed by atoms with Crippen molar-refractivity contribution in [3.05, 3.63) is 59.7 Å². The topological polar surface area (TPSA) is 114 Å². The number of hydrazine groups is 1. The molecule has 2 amide bonds. The molecular weight excluding hydrogens is 382 g/mol. The molecule has 0 atom stereocenters. The molecule has 0 saturated heterocycles. The normalized spacial score (nSPS) is 11.0. The first kappa shape index (κ1) is 21.2. The van der Waals surface area contributed by atoms with Crippen molar-refractivity contribution in [2.24, 2.45) is 0 Å². The lowest BCUT2D eigenvalue weighted by atomic mass is 10.2. The fraction of sp³-hybridized carbons (Fsp3) is 0.263. The van der Waals surface area contributed by atoms with E-state index in [1.807, 2.05) is 13.8 Å². The number of hydrogen-bond donors (Lipinski definition) is 3. The molecule has 0 aliphatic heterocycles. The van der Waals surface area contributed by atoms with Crippen LogP contribution in [0.4, 0.5) is 5.69 Å². The van der Waals surface area contributed by atoms with Crippen LogP contribution in [-0.2, 0) is 10.0 Å². The van der Waals surface area contributed by atoms with E-state index in [4.69, 9.17) is 4.74 Å². The smallest absolute Gasteiger partial charge is 0.269 e. The van der Waals surface area contributed by atoms with E-state index in [0.717, 1.165) is 0 Å². The van der Waals surface area contributed by atoms with Gasteiger partial charge in [-0.05, 0) is 63.2 Å². The Balaban J connectivity index is 1.97. The maximum atomic E-state index is 12.2.